The molecule has 0 amide bonds. The van der Waals surface area contributed by atoms with E-state index in [2.05, 4.69) is 43.9 Å². The Bertz CT molecular complexity index is 430. The molecule has 0 bridgehead atoms. The quantitative estimate of drug-likeness (QED) is 0.602. The molecule has 0 atom stereocenters. The molecule has 3 heteroatoms. The first-order valence-corrected chi connectivity index (χ1v) is 9.86. The van der Waals surface area contributed by atoms with Crippen LogP contribution in [0, 0.1) is 0 Å². The smallest absolute Gasteiger partial charge is 0.309 e. The predicted octanol–water partition coefficient (Wildman–Crippen LogP) is 3.20. The Hall–Kier alpha value is -1.35. The number of benzene rings is 1. The van der Waals surface area contributed by atoms with E-state index in [0.717, 1.165) is 5.56 Å². The maximum Gasteiger partial charge on any atom is 0.309 e. The molecule has 0 aromatic heterocycles. The van der Waals surface area contributed by atoms with Gasteiger partial charge in [0.1, 0.15) is 0 Å². The van der Waals surface area contributed by atoms with Gasteiger partial charge >= 0.3 is 5.97 Å². The van der Waals surface area contributed by atoms with E-state index in [9.17, 15) is 4.79 Å². The Kier molecular flexibility index (Phi) is 5.35. The fraction of sp³-hybridized carbons (Fsp3) is 0.400. The second kappa shape index (κ2) is 6.54. The number of ether oxygens (including phenoxy) is 1. The van der Waals surface area contributed by atoms with Crippen molar-refractivity contribution in [1.82, 2.24) is 0 Å². The molecule has 2 nitrogen and oxygen atoms in total. The number of hydrogen-bond donors (Lipinski definition) is 0. The topological polar surface area (TPSA) is 26.3 Å². The molecule has 0 radical (unpaired) electrons. The maximum absolute atomic E-state index is 11.2. The molecule has 0 N–H and O–H groups in total. The van der Waals surface area contributed by atoms with Gasteiger partial charge in [0.25, 0.3) is 0 Å². The van der Waals surface area contributed by atoms with E-state index in [1.54, 1.807) is 0 Å². The minimum Gasteiger partial charge on any atom is -0.466 e. The van der Waals surface area contributed by atoms with Crippen LogP contribution in [-0.4, -0.2) is 20.7 Å². The normalized spacial score (nSPS) is 11.8. The molecule has 0 saturated carbocycles. The van der Waals surface area contributed by atoms with E-state index in [-0.39, 0.29) is 5.97 Å². The third kappa shape index (κ3) is 4.88. The second-order valence-electron chi connectivity index (χ2n) is 5.29. The molecule has 1 aromatic rings. The molecule has 0 aliphatic carbocycles. The summed E-state index contributed by atoms with van der Waals surface area (Å²) in [5.41, 5.74) is 1.15. The highest BCUT2D eigenvalue weighted by Gasteiger charge is 2.15. The predicted molar refractivity (Wildman–Crippen MR) is 79.7 cm³/mol. The highest BCUT2D eigenvalue weighted by molar-refractivity contribution is 6.88. The summed E-state index contributed by atoms with van der Waals surface area (Å²) in [6.07, 6.45) is 4.19. The Morgan fingerprint density at radius 1 is 1.33 bits per heavy atom. The summed E-state index contributed by atoms with van der Waals surface area (Å²) in [5, 5.41) is 1.43. The van der Waals surface area contributed by atoms with Crippen molar-refractivity contribution in [3.63, 3.8) is 0 Å². The lowest BCUT2D eigenvalue weighted by atomic mass is 10.2. The van der Waals surface area contributed by atoms with E-state index in [1.807, 2.05) is 19.1 Å². The molecule has 0 spiro atoms. The fourth-order valence-corrected chi connectivity index (χ4v) is 2.82. The summed E-state index contributed by atoms with van der Waals surface area (Å²) in [6.45, 7) is 9.24. The summed E-state index contributed by atoms with van der Waals surface area (Å²) in [6, 6.07) is 8.55. The van der Waals surface area contributed by atoms with Crippen molar-refractivity contribution >= 4 is 25.3 Å². The van der Waals surface area contributed by atoms with Gasteiger partial charge < -0.3 is 4.74 Å². The van der Waals surface area contributed by atoms with Crippen LogP contribution in [0.4, 0.5) is 0 Å². The molecular weight excluding hydrogens is 240 g/mol. The number of hydrogen-bond acceptors (Lipinski definition) is 2. The van der Waals surface area contributed by atoms with Gasteiger partial charge in [-0.25, -0.2) is 0 Å². The number of carbonyl (C=O) groups is 1. The molecule has 0 fully saturated rings. The first-order chi connectivity index (χ1) is 8.43. The van der Waals surface area contributed by atoms with Crippen molar-refractivity contribution < 1.29 is 9.53 Å². The largest absolute Gasteiger partial charge is 0.466 e. The van der Waals surface area contributed by atoms with Gasteiger partial charge in [0.2, 0.25) is 0 Å². The van der Waals surface area contributed by atoms with Crippen molar-refractivity contribution in [1.29, 1.82) is 0 Å². The van der Waals surface area contributed by atoms with Gasteiger partial charge in [-0.15, -0.1) is 0 Å². The maximum atomic E-state index is 11.2. The van der Waals surface area contributed by atoms with E-state index in [0.29, 0.717) is 13.0 Å². The number of rotatable bonds is 5. The van der Waals surface area contributed by atoms with E-state index >= 15 is 0 Å². The second-order valence-corrected chi connectivity index (χ2v) is 10.4. The number of esters is 1. The van der Waals surface area contributed by atoms with Gasteiger partial charge in [-0.05, 0) is 12.5 Å². The van der Waals surface area contributed by atoms with Crippen LogP contribution in [0.25, 0.3) is 6.08 Å². The summed E-state index contributed by atoms with van der Waals surface area (Å²) < 4.78 is 4.87. The van der Waals surface area contributed by atoms with E-state index in [4.69, 9.17) is 4.74 Å². The minimum atomic E-state index is -1.26. The van der Waals surface area contributed by atoms with Crippen LogP contribution >= 0.6 is 0 Å². The summed E-state index contributed by atoms with van der Waals surface area (Å²) in [7, 11) is -1.26. The van der Waals surface area contributed by atoms with Crippen LogP contribution in [0.15, 0.2) is 30.3 Å². The highest BCUT2D eigenvalue weighted by atomic mass is 28.3. The molecule has 0 unspecified atom stereocenters. The molecule has 98 valence electrons. The molecule has 1 aromatic carbocycles. The standard InChI is InChI=1S/C15H22O2Si/c1-5-17-15(16)11-7-9-13-8-6-10-14(12-13)18(2,3)4/h6-10,12H,5,11H2,1-4H3. The zero-order valence-corrected chi connectivity index (χ0v) is 12.7. The van der Waals surface area contributed by atoms with Crippen molar-refractivity contribution in [3.8, 4) is 0 Å². The Balaban J connectivity index is 2.68. The van der Waals surface area contributed by atoms with Crippen LogP contribution in [0.1, 0.15) is 18.9 Å². The third-order valence-corrected chi connectivity index (χ3v) is 4.70. The summed E-state index contributed by atoms with van der Waals surface area (Å²) in [5.74, 6) is -0.171. The van der Waals surface area contributed by atoms with Gasteiger partial charge in [0, 0.05) is 0 Å². The van der Waals surface area contributed by atoms with Crippen molar-refractivity contribution in [2.45, 2.75) is 33.0 Å². The van der Waals surface area contributed by atoms with Crippen LogP contribution in [0.5, 0.6) is 0 Å². The zero-order chi connectivity index (χ0) is 13.6. The van der Waals surface area contributed by atoms with Crippen molar-refractivity contribution in [2.75, 3.05) is 6.61 Å². The lowest BCUT2D eigenvalue weighted by Crippen LogP contribution is -2.37. The monoisotopic (exact) mass is 262 g/mol. The fourth-order valence-electron chi connectivity index (χ4n) is 1.62. The summed E-state index contributed by atoms with van der Waals surface area (Å²) in [4.78, 5) is 11.2. The minimum absolute atomic E-state index is 0.171. The van der Waals surface area contributed by atoms with Crippen LogP contribution in [0.2, 0.25) is 19.6 Å². The molecule has 0 heterocycles. The first-order valence-electron chi connectivity index (χ1n) is 6.36. The van der Waals surface area contributed by atoms with Gasteiger partial charge in [-0.3, -0.25) is 4.79 Å². The van der Waals surface area contributed by atoms with Gasteiger partial charge in [0.05, 0.1) is 21.1 Å². The van der Waals surface area contributed by atoms with E-state index in [1.165, 1.54) is 5.19 Å². The molecule has 1 rings (SSSR count). The SMILES string of the molecule is CCOC(=O)CC=Cc1cccc([Si](C)(C)C)c1. The van der Waals surface area contributed by atoms with Gasteiger partial charge in [-0.1, -0.05) is 61.2 Å². The Morgan fingerprint density at radius 3 is 2.67 bits per heavy atom. The molecule has 18 heavy (non-hydrogen) atoms. The molecule has 0 aliphatic heterocycles. The van der Waals surface area contributed by atoms with Gasteiger partial charge in [-0.2, -0.15) is 0 Å². The van der Waals surface area contributed by atoms with Crippen LogP contribution in [-0.2, 0) is 9.53 Å². The van der Waals surface area contributed by atoms with E-state index < -0.39 is 8.07 Å². The number of carbonyl (C=O) groups excluding carboxylic acids is 1. The Morgan fingerprint density at radius 2 is 2.06 bits per heavy atom. The lowest BCUT2D eigenvalue weighted by molar-refractivity contribution is -0.142. The molecule has 0 aliphatic rings. The van der Waals surface area contributed by atoms with Crippen molar-refractivity contribution in [2.24, 2.45) is 0 Å². The first kappa shape index (κ1) is 14.7. The average molecular weight is 262 g/mol. The third-order valence-electron chi connectivity index (χ3n) is 2.65. The van der Waals surface area contributed by atoms with Crippen molar-refractivity contribution in [3.05, 3.63) is 35.9 Å². The zero-order valence-electron chi connectivity index (χ0n) is 11.7. The average Bonchev–Trinajstić information content (AvgIpc) is 2.29. The Labute approximate surface area is 111 Å². The molecule has 0 saturated heterocycles. The van der Waals surface area contributed by atoms with Crippen LogP contribution < -0.4 is 5.19 Å². The van der Waals surface area contributed by atoms with Crippen LogP contribution in [0.3, 0.4) is 0 Å². The summed E-state index contributed by atoms with van der Waals surface area (Å²) >= 11 is 0. The lowest BCUT2D eigenvalue weighted by Gasteiger charge is -2.16. The van der Waals surface area contributed by atoms with Gasteiger partial charge in [0.15, 0.2) is 0 Å². The highest BCUT2D eigenvalue weighted by Crippen LogP contribution is 2.07. The molecular formula is C15H22O2Si.